The van der Waals surface area contributed by atoms with Crippen LogP contribution in [-0.2, 0) is 21.0 Å². The fourth-order valence-corrected chi connectivity index (χ4v) is 1.51. The van der Waals surface area contributed by atoms with Gasteiger partial charge < -0.3 is 14.4 Å². The molecule has 6 nitrogen and oxygen atoms in total. The molecule has 0 aliphatic carbocycles. The zero-order valence-electron chi connectivity index (χ0n) is 13.2. The molecule has 120 valence electrons. The standard InChI is InChI=1S/C16H22N2O4/c1-16(2,3)22-15(20)18(11-12-19)10-9-17-21-13-14-7-5-4-6-8-14/h4-9,12H,10-11,13H2,1-3H3/b17-9+. The van der Waals surface area contributed by atoms with Gasteiger partial charge in [-0.3, -0.25) is 4.90 Å². The molecule has 0 spiro atoms. The maximum absolute atomic E-state index is 11.9. The first-order valence-corrected chi connectivity index (χ1v) is 7.01. The van der Waals surface area contributed by atoms with Gasteiger partial charge in [0.2, 0.25) is 0 Å². The number of rotatable bonds is 7. The maximum Gasteiger partial charge on any atom is 0.411 e. The summed E-state index contributed by atoms with van der Waals surface area (Å²) in [5.74, 6) is 0. The van der Waals surface area contributed by atoms with E-state index in [9.17, 15) is 9.59 Å². The van der Waals surface area contributed by atoms with Crippen molar-refractivity contribution in [2.75, 3.05) is 13.1 Å². The van der Waals surface area contributed by atoms with E-state index >= 15 is 0 Å². The molecular weight excluding hydrogens is 284 g/mol. The molecule has 0 aliphatic heterocycles. The van der Waals surface area contributed by atoms with Gasteiger partial charge in [-0.1, -0.05) is 35.5 Å². The van der Waals surface area contributed by atoms with Crippen molar-refractivity contribution in [2.45, 2.75) is 33.0 Å². The molecule has 0 saturated heterocycles. The lowest BCUT2D eigenvalue weighted by molar-refractivity contribution is -0.108. The molecule has 1 aromatic carbocycles. The Morgan fingerprint density at radius 1 is 1.23 bits per heavy atom. The minimum atomic E-state index is -0.612. The lowest BCUT2D eigenvalue weighted by atomic mass is 10.2. The highest BCUT2D eigenvalue weighted by atomic mass is 16.6. The highest BCUT2D eigenvalue weighted by molar-refractivity contribution is 5.75. The summed E-state index contributed by atoms with van der Waals surface area (Å²) < 4.78 is 5.20. The van der Waals surface area contributed by atoms with Gasteiger partial charge in [0.15, 0.2) is 0 Å². The van der Waals surface area contributed by atoms with Crippen molar-refractivity contribution >= 4 is 18.6 Å². The SMILES string of the molecule is CC(C)(C)OC(=O)N(CC=O)C/C=N/OCc1ccccc1. The number of aldehydes is 1. The van der Waals surface area contributed by atoms with E-state index in [0.717, 1.165) is 5.56 Å². The van der Waals surface area contributed by atoms with E-state index in [2.05, 4.69) is 5.16 Å². The Morgan fingerprint density at radius 3 is 2.50 bits per heavy atom. The van der Waals surface area contributed by atoms with E-state index in [1.165, 1.54) is 11.1 Å². The highest BCUT2D eigenvalue weighted by Gasteiger charge is 2.21. The normalized spacial score (nSPS) is 11.2. The zero-order valence-corrected chi connectivity index (χ0v) is 13.2. The molecular formula is C16H22N2O4. The number of carbonyl (C=O) groups excluding carboxylic acids is 2. The molecule has 1 amide bonds. The van der Waals surface area contributed by atoms with E-state index in [-0.39, 0.29) is 13.1 Å². The second-order valence-corrected chi connectivity index (χ2v) is 5.60. The predicted molar refractivity (Wildman–Crippen MR) is 83.6 cm³/mol. The Kier molecular flexibility index (Phi) is 7.08. The lowest BCUT2D eigenvalue weighted by Crippen LogP contribution is -2.38. The van der Waals surface area contributed by atoms with Crippen molar-refractivity contribution in [1.82, 2.24) is 4.90 Å². The van der Waals surface area contributed by atoms with Crippen LogP contribution in [-0.4, -0.2) is 42.2 Å². The van der Waals surface area contributed by atoms with Crippen molar-refractivity contribution in [3.05, 3.63) is 35.9 Å². The van der Waals surface area contributed by atoms with Crippen molar-refractivity contribution in [2.24, 2.45) is 5.16 Å². The minimum absolute atomic E-state index is 0.0559. The molecule has 0 radical (unpaired) electrons. The maximum atomic E-state index is 11.9. The van der Waals surface area contributed by atoms with Gasteiger partial charge in [-0.2, -0.15) is 0 Å². The fourth-order valence-electron chi connectivity index (χ4n) is 1.51. The van der Waals surface area contributed by atoms with Gasteiger partial charge in [0, 0.05) is 0 Å². The summed E-state index contributed by atoms with van der Waals surface area (Å²) in [5.41, 5.74) is 0.385. The van der Waals surface area contributed by atoms with E-state index in [4.69, 9.17) is 9.57 Å². The number of ether oxygens (including phenoxy) is 1. The fraction of sp³-hybridized carbons (Fsp3) is 0.438. The molecule has 0 heterocycles. The monoisotopic (exact) mass is 306 g/mol. The van der Waals surface area contributed by atoms with E-state index in [0.29, 0.717) is 12.9 Å². The van der Waals surface area contributed by atoms with Crippen molar-refractivity contribution < 1.29 is 19.2 Å². The van der Waals surface area contributed by atoms with E-state index in [1.807, 2.05) is 30.3 Å². The largest absolute Gasteiger partial charge is 0.444 e. The van der Waals surface area contributed by atoms with Gasteiger partial charge in [0.05, 0.1) is 19.3 Å². The van der Waals surface area contributed by atoms with E-state index < -0.39 is 11.7 Å². The molecule has 1 rings (SSSR count). The van der Waals surface area contributed by atoms with Gasteiger partial charge in [-0.05, 0) is 26.3 Å². The van der Waals surface area contributed by atoms with Crippen molar-refractivity contribution in [3.8, 4) is 0 Å². The lowest BCUT2D eigenvalue weighted by Gasteiger charge is -2.25. The minimum Gasteiger partial charge on any atom is -0.444 e. The summed E-state index contributed by atoms with van der Waals surface area (Å²) in [5, 5.41) is 3.78. The van der Waals surface area contributed by atoms with Crippen LogP contribution in [0.3, 0.4) is 0 Å². The number of hydrogen-bond donors (Lipinski definition) is 0. The summed E-state index contributed by atoms with van der Waals surface area (Å²) in [4.78, 5) is 28.9. The summed E-state index contributed by atoms with van der Waals surface area (Å²) in [6.07, 6.45) is 1.51. The number of nitrogens with zero attached hydrogens (tertiary/aromatic N) is 2. The van der Waals surface area contributed by atoms with Crippen LogP contribution < -0.4 is 0 Å². The quantitative estimate of drug-likeness (QED) is 0.441. The first kappa shape index (κ1) is 17.7. The van der Waals surface area contributed by atoms with Crippen molar-refractivity contribution in [1.29, 1.82) is 0 Å². The summed E-state index contributed by atoms with van der Waals surface area (Å²) in [6, 6.07) is 9.60. The molecule has 22 heavy (non-hydrogen) atoms. The molecule has 6 heteroatoms. The molecule has 0 unspecified atom stereocenters. The number of amides is 1. The van der Waals surface area contributed by atoms with Crippen LogP contribution in [0.25, 0.3) is 0 Å². The van der Waals surface area contributed by atoms with E-state index in [1.54, 1.807) is 20.8 Å². The van der Waals surface area contributed by atoms with Crippen molar-refractivity contribution in [3.63, 3.8) is 0 Å². The molecule has 0 aromatic heterocycles. The second kappa shape index (κ2) is 8.81. The van der Waals surface area contributed by atoms with Crippen LogP contribution in [0.15, 0.2) is 35.5 Å². The third kappa shape index (κ3) is 7.42. The Labute approximate surface area is 130 Å². The number of hydrogen-bond acceptors (Lipinski definition) is 5. The number of carbonyl (C=O) groups is 2. The average molecular weight is 306 g/mol. The first-order chi connectivity index (χ1) is 10.4. The highest BCUT2D eigenvalue weighted by Crippen LogP contribution is 2.09. The molecule has 0 aliphatic rings. The molecule has 0 bridgehead atoms. The number of oxime groups is 1. The topological polar surface area (TPSA) is 68.2 Å². The third-order valence-corrected chi connectivity index (χ3v) is 2.47. The second-order valence-electron chi connectivity index (χ2n) is 5.60. The molecule has 0 N–H and O–H groups in total. The molecule has 0 atom stereocenters. The Hall–Kier alpha value is -2.37. The molecule has 1 aromatic rings. The molecule has 0 saturated carbocycles. The van der Waals surface area contributed by atoms with Gasteiger partial charge in [-0.25, -0.2) is 4.79 Å². The van der Waals surface area contributed by atoms with Crippen LogP contribution in [0, 0.1) is 0 Å². The van der Waals surface area contributed by atoms with Gasteiger partial charge in [-0.15, -0.1) is 0 Å². The van der Waals surface area contributed by atoms with Gasteiger partial charge in [0.25, 0.3) is 0 Å². The van der Waals surface area contributed by atoms with Gasteiger partial charge in [0.1, 0.15) is 18.5 Å². The van der Waals surface area contributed by atoms with Crippen LogP contribution in [0.5, 0.6) is 0 Å². The summed E-state index contributed by atoms with van der Waals surface area (Å²) in [6.45, 7) is 5.72. The Bertz CT molecular complexity index is 495. The summed E-state index contributed by atoms with van der Waals surface area (Å²) >= 11 is 0. The average Bonchev–Trinajstić information content (AvgIpc) is 2.45. The zero-order chi connectivity index (χ0) is 16.4. The summed E-state index contributed by atoms with van der Waals surface area (Å²) in [7, 11) is 0. The first-order valence-electron chi connectivity index (χ1n) is 7.01. The Balaban J connectivity index is 2.41. The Morgan fingerprint density at radius 2 is 1.91 bits per heavy atom. The van der Waals surface area contributed by atoms with Crippen LogP contribution in [0.4, 0.5) is 4.79 Å². The number of benzene rings is 1. The third-order valence-electron chi connectivity index (χ3n) is 2.47. The van der Waals surface area contributed by atoms with Crippen LogP contribution >= 0.6 is 0 Å². The van der Waals surface area contributed by atoms with Crippen LogP contribution in [0.2, 0.25) is 0 Å². The smallest absolute Gasteiger partial charge is 0.411 e. The van der Waals surface area contributed by atoms with Gasteiger partial charge >= 0.3 is 6.09 Å². The predicted octanol–water partition coefficient (Wildman–Crippen LogP) is 2.63. The van der Waals surface area contributed by atoms with Crippen LogP contribution in [0.1, 0.15) is 26.3 Å². The molecule has 0 fully saturated rings.